The van der Waals surface area contributed by atoms with Gasteiger partial charge in [0.05, 0.1) is 5.69 Å². The molecule has 2 aromatic heterocycles. The molecule has 7 heteroatoms. The van der Waals surface area contributed by atoms with Crippen molar-refractivity contribution >= 4 is 11.6 Å². The number of piperazine rings is 1. The Morgan fingerprint density at radius 2 is 1.93 bits per heavy atom. The summed E-state index contributed by atoms with van der Waals surface area (Å²) in [7, 11) is 0. The van der Waals surface area contributed by atoms with Gasteiger partial charge in [0.1, 0.15) is 11.6 Å². The van der Waals surface area contributed by atoms with Crippen LogP contribution >= 0.6 is 0 Å². The number of nitrogens with zero attached hydrogens (tertiary/aromatic N) is 3. The predicted molar refractivity (Wildman–Crippen MR) is 119 cm³/mol. The van der Waals surface area contributed by atoms with Gasteiger partial charge in [0.15, 0.2) is 0 Å². The summed E-state index contributed by atoms with van der Waals surface area (Å²) in [6, 6.07) is 9.07. The van der Waals surface area contributed by atoms with E-state index in [-0.39, 0.29) is 0 Å². The van der Waals surface area contributed by atoms with Gasteiger partial charge in [-0.3, -0.25) is 0 Å². The quantitative estimate of drug-likeness (QED) is 0.535. The van der Waals surface area contributed by atoms with Gasteiger partial charge in [-0.1, -0.05) is 19.3 Å². The lowest BCUT2D eigenvalue weighted by Crippen LogP contribution is -2.44. The number of anilines is 2. The normalized spacial score (nSPS) is 18.0. The van der Waals surface area contributed by atoms with Gasteiger partial charge >= 0.3 is 0 Å². The molecule has 2 fully saturated rings. The highest BCUT2D eigenvalue weighted by molar-refractivity contribution is 5.66. The van der Waals surface area contributed by atoms with E-state index in [2.05, 4.69) is 50.1 Å². The second-order valence-electron chi connectivity index (χ2n) is 8.00. The van der Waals surface area contributed by atoms with Crippen molar-refractivity contribution in [2.75, 3.05) is 43.1 Å². The van der Waals surface area contributed by atoms with Crippen molar-refractivity contribution in [3.8, 4) is 11.3 Å². The fraction of sp³-hybridized carbons (Fsp3) is 0.545. The lowest BCUT2D eigenvalue weighted by molar-refractivity contribution is 0.462. The van der Waals surface area contributed by atoms with Crippen molar-refractivity contribution in [2.24, 2.45) is 5.73 Å². The first-order chi connectivity index (χ1) is 14.3. The summed E-state index contributed by atoms with van der Waals surface area (Å²) >= 11 is 0. The van der Waals surface area contributed by atoms with Crippen LogP contribution in [0.15, 0.2) is 30.5 Å². The highest BCUT2D eigenvalue weighted by Crippen LogP contribution is 2.26. The molecule has 0 spiro atoms. The summed E-state index contributed by atoms with van der Waals surface area (Å²) in [6.45, 7) is 5.14. The van der Waals surface area contributed by atoms with Crippen molar-refractivity contribution in [3.05, 3.63) is 36.0 Å². The molecule has 1 aliphatic heterocycles. The minimum absolute atomic E-state index is 0.464. The SMILES string of the molecule is NCNCc1cc(-c2ccnc(NC3CCCCC3)c2)nc(N2CCNCC2)c1. The number of pyridine rings is 2. The van der Waals surface area contributed by atoms with E-state index in [0.29, 0.717) is 12.7 Å². The van der Waals surface area contributed by atoms with Crippen molar-refractivity contribution in [1.82, 2.24) is 20.6 Å². The van der Waals surface area contributed by atoms with Crippen LogP contribution < -0.4 is 26.6 Å². The Bertz CT molecular complexity index is 782. The standard InChI is InChI=1S/C22H33N7/c23-16-25-15-17-12-20(28-22(13-17)29-10-8-24-9-11-29)18-6-7-26-21(14-18)27-19-4-2-1-3-5-19/h6-7,12-14,19,24-25H,1-5,8-11,15-16,23H2,(H,26,27). The largest absolute Gasteiger partial charge is 0.367 e. The molecule has 0 aromatic carbocycles. The molecule has 1 aliphatic carbocycles. The van der Waals surface area contributed by atoms with Crippen LogP contribution in [0.1, 0.15) is 37.7 Å². The van der Waals surface area contributed by atoms with Crippen LogP contribution in [0.3, 0.4) is 0 Å². The number of aromatic nitrogens is 2. The van der Waals surface area contributed by atoms with Gasteiger partial charge in [0.25, 0.3) is 0 Å². The maximum absolute atomic E-state index is 5.65. The molecule has 2 aromatic rings. The Labute approximate surface area is 173 Å². The minimum atomic E-state index is 0.464. The molecular weight excluding hydrogens is 362 g/mol. The van der Waals surface area contributed by atoms with E-state index in [0.717, 1.165) is 55.6 Å². The summed E-state index contributed by atoms with van der Waals surface area (Å²) in [4.78, 5) is 11.9. The van der Waals surface area contributed by atoms with Gasteiger partial charge in [-0.2, -0.15) is 0 Å². The predicted octanol–water partition coefficient (Wildman–Crippen LogP) is 2.30. The molecular formula is C22H33N7. The molecule has 156 valence electrons. The Morgan fingerprint density at radius 3 is 2.72 bits per heavy atom. The van der Waals surface area contributed by atoms with Gasteiger partial charge in [-0.15, -0.1) is 0 Å². The molecule has 5 N–H and O–H groups in total. The van der Waals surface area contributed by atoms with Crippen molar-refractivity contribution < 1.29 is 0 Å². The van der Waals surface area contributed by atoms with E-state index in [9.17, 15) is 0 Å². The third kappa shape index (κ3) is 5.44. The minimum Gasteiger partial charge on any atom is -0.367 e. The monoisotopic (exact) mass is 395 g/mol. The number of nitrogens with two attached hydrogens (primary N) is 1. The van der Waals surface area contributed by atoms with Crippen LogP contribution in [-0.4, -0.2) is 48.9 Å². The molecule has 0 atom stereocenters. The van der Waals surface area contributed by atoms with Crippen molar-refractivity contribution in [3.63, 3.8) is 0 Å². The lowest BCUT2D eigenvalue weighted by Gasteiger charge is -2.29. The number of hydrogen-bond acceptors (Lipinski definition) is 7. The summed E-state index contributed by atoms with van der Waals surface area (Å²) in [5.74, 6) is 1.99. The second-order valence-corrected chi connectivity index (χ2v) is 8.00. The molecule has 29 heavy (non-hydrogen) atoms. The number of hydrogen-bond donors (Lipinski definition) is 4. The lowest BCUT2D eigenvalue weighted by atomic mass is 9.95. The van der Waals surface area contributed by atoms with E-state index in [1.165, 1.54) is 37.7 Å². The Balaban J connectivity index is 1.59. The number of nitrogens with one attached hydrogen (secondary N) is 3. The molecule has 4 rings (SSSR count). The highest BCUT2D eigenvalue weighted by Gasteiger charge is 2.16. The van der Waals surface area contributed by atoms with E-state index < -0.39 is 0 Å². The fourth-order valence-corrected chi connectivity index (χ4v) is 4.22. The molecule has 1 saturated heterocycles. The van der Waals surface area contributed by atoms with Crippen molar-refractivity contribution in [2.45, 2.75) is 44.7 Å². The summed E-state index contributed by atoms with van der Waals surface area (Å²) in [5.41, 5.74) is 8.95. The average molecular weight is 396 g/mol. The molecule has 0 bridgehead atoms. The highest BCUT2D eigenvalue weighted by atomic mass is 15.2. The van der Waals surface area contributed by atoms with E-state index >= 15 is 0 Å². The zero-order valence-electron chi connectivity index (χ0n) is 17.2. The zero-order chi connectivity index (χ0) is 19.9. The Kier molecular flexibility index (Phi) is 6.92. The van der Waals surface area contributed by atoms with Crippen LogP contribution in [0.2, 0.25) is 0 Å². The molecule has 1 saturated carbocycles. The average Bonchev–Trinajstić information content (AvgIpc) is 2.79. The third-order valence-electron chi connectivity index (χ3n) is 5.80. The van der Waals surface area contributed by atoms with Crippen LogP contribution in [-0.2, 0) is 6.54 Å². The molecule has 7 nitrogen and oxygen atoms in total. The summed E-state index contributed by atoms with van der Waals surface area (Å²) in [6.07, 6.45) is 8.33. The number of rotatable bonds is 7. The first-order valence-electron chi connectivity index (χ1n) is 10.9. The van der Waals surface area contributed by atoms with Gasteiger partial charge in [0.2, 0.25) is 0 Å². The molecule has 0 radical (unpaired) electrons. The smallest absolute Gasteiger partial charge is 0.129 e. The van der Waals surface area contributed by atoms with Gasteiger partial charge < -0.3 is 26.6 Å². The molecule has 2 aliphatic rings. The van der Waals surface area contributed by atoms with E-state index in [1.807, 2.05) is 6.20 Å². The fourth-order valence-electron chi connectivity index (χ4n) is 4.22. The molecule has 0 amide bonds. The zero-order valence-corrected chi connectivity index (χ0v) is 17.2. The maximum Gasteiger partial charge on any atom is 0.129 e. The van der Waals surface area contributed by atoms with E-state index in [4.69, 9.17) is 10.7 Å². The second kappa shape index (κ2) is 10.0. The van der Waals surface area contributed by atoms with Gasteiger partial charge in [-0.25, -0.2) is 9.97 Å². The molecule has 3 heterocycles. The summed E-state index contributed by atoms with van der Waals surface area (Å²) in [5, 5.41) is 10.3. The van der Waals surface area contributed by atoms with Crippen LogP contribution in [0.4, 0.5) is 11.6 Å². The Hall–Kier alpha value is -2.22. The summed E-state index contributed by atoms with van der Waals surface area (Å²) < 4.78 is 0. The van der Waals surface area contributed by atoms with Crippen LogP contribution in [0, 0.1) is 0 Å². The maximum atomic E-state index is 5.65. The third-order valence-corrected chi connectivity index (χ3v) is 5.80. The first kappa shape index (κ1) is 20.1. The first-order valence-corrected chi connectivity index (χ1v) is 10.9. The Morgan fingerprint density at radius 1 is 1.10 bits per heavy atom. The van der Waals surface area contributed by atoms with Crippen molar-refractivity contribution in [1.29, 1.82) is 0 Å². The van der Waals surface area contributed by atoms with Crippen LogP contribution in [0.5, 0.6) is 0 Å². The topological polar surface area (TPSA) is 91.1 Å². The van der Waals surface area contributed by atoms with Gasteiger partial charge in [0, 0.05) is 57.2 Å². The van der Waals surface area contributed by atoms with Crippen LogP contribution in [0.25, 0.3) is 11.3 Å². The molecule has 0 unspecified atom stereocenters. The van der Waals surface area contributed by atoms with E-state index in [1.54, 1.807) is 0 Å². The van der Waals surface area contributed by atoms with Gasteiger partial charge in [-0.05, 0) is 42.7 Å².